The third-order valence-electron chi connectivity index (χ3n) is 2.26. The Kier molecular flexibility index (Phi) is 5.77. The smallest absolute Gasteiger partial charge is 0.321 e. The Labute approximate surface area is 115 Å². The number of nitriles is 1. The number of nitrogens with one attached hydrogen (secondary N) is 1. The average Bonchev–Trinajstić information content (AvgIpc) is 2.33. The molecule has 0 heterocycles. The van der Waals surface area contributed by atoms with Crippen molar-refractivity contribution < 1.29 is 4.79 Å². The van der Waals surface area contributed by atoms with E-state index in [0.29, 0.717) is 19.5 Å². The molecule has 1 rings (SSSR count). The lowest BCUT2D eigenvalue weighted by Gasteiger charge is -2.20. The van der Waals surface area contributed by atoms with Gasteiger partial charge in [-0.05, 0) is 53.8 Å². The number of hydrogen-bond acceptors (Lipinski definition) is 2. The number of hydrogen-bond donors (Lipinski definition) is 1. The van der Waals surface area contributed by atoms with Gasteiger partial charge in [0.1, 0.15) is 0 Å². The van der Waals surface area contributed by atoms with Crippen LogP contribution in [0.2, 0.25) is 0 Å². The molecule has 90 valence electrons. The monoisotopic (exact) mass is 343 g/mol. The maximum atomic E-state index is 11.8. The number of carbonyl (C=O) groups is 1. The minimum atomic E-state index is -0.163. The van der Waals surface area contributed by atoms with Crippen LogP contribution in [0.4, 0.5) is 10.5 Å². The van der Waals surface area contributed by atoms with Crippen molar-refractivity contribution in [2.45, 2.75) is 13.3 Å². The first-order valence-corrected chi connectivity index (χ1v) is 6.43. The summed E-state index contributed by atoms with van der Waals surface area (Å²) in [7, 11) is 0. The van der Waals surface area contributed by atoms with Gasteiger partial charge in [0.15, 0.2) is 0 Å². The second kappa shape index (κ2) is 7.12. The summed E-state index contributed by atoms with van der Waals surface area (Å²) in [6, 6.07) is 9.46. The van der Waals surface area contributed by atoms with Crippen LogP contribution in [-0.2, 0) is 0 Å². The number of benzene rings is 1. The van der Waals surface area contributed by atoms with Crippen LogP contribution < -0.4 is 5.32 Å². The number of carbonyl (C=O) groups excluding carboxylic acids is 1. The van der Waals surface area contributed by atoms with E-state index in [2.05, 4.69) is 27.9 Å². The molecule has 0 atom stereocenters. The Morgan fingerprint density at radius 3 is 2.65 bits per heavy atom. The van der Waals surface area contributed by atoms with Crippen LogP contribution in [0.15, 0.2) is 24.3 Å². The molecule has 0 bridgehead atoms. The van der Waals surface area contributed by atoms with Crippen LogP contribution in [0.3, 0.4) is 0 Å². The highest BCUT2D eigenvalue weighted by molar-refractivity contribution is 14.1. The van der Waals surface area contributed by atoms with E-state index in [1.165, 1.54) is 0 Å². The highest BCUT2D eigenvalue weighted by Gasteiger charge is 2.10. The standard InChI is InChI=1S/C12H14IN3O/c1-2-16(9-3-8-14)12(17)15-11-6-4-10(13)5-7-11/h4-7H,2-3,9H2,1H3,(H,15,17). The number of halogens is 1. The summed E-state index contributed by atoms with van der Waals surface area (Å²) in [6.07, 6.45) is 0.355. The molecule has 1 N–H and O–H groups in total. The van der Waals surface area contributed by atoms with Gasteiger partial charge in [-0.25, -0.2) is 4.79 Å². The molecule has 4 nitrogen and oxygen atoms in total. The Morgan fingerprint density at radius 1 is 1.47 bits per heavy atom. The fourth-order valence-corrected chi connectivity index (χ4v) is 1.68. The van der Waals surface area contributed by atoms with Gasteiger partial charge in [0.25, 0.3) is 0 Å². The molecule has 0 fully saturated rings. The van der Waals surface area contributed by atoms with E-state index in [1.54, 1.807) is 4.90 Å². The number of rotatable bonds is 4. The minimum Gasteiger partial charge on any atom is -0.324 e. The van der Waals surface area contributed by atoms with Gasteiger partial charge < -0.3 is 10.2 Å². The Morgan fingerprint density at radius 2 is 2.12 bits per heavy atom. The van der Waals surface area contributed by atoms with Gasteiger partial charge in [-0.2, -0.15) is 5.26 Å². The highest BCUT2D eigenvalue weighted by Crippen LogP contribution is 2.11. The van der Waals surface area contributed by atoms with Crippen LogP contribution in [0.5, 0.6) is 0 Å². The largest absolute Gasteiger partial charge is 0.324 e. The maximum absolute atomic E-state index is 11.8. The predicted octanol–water partition coefficient (Wildman–Crippen LogP) is 3.06. The van der Waals surface area contributed by atoms with Crippen LogP contribution in [0.25, 0.3) is 0 Å². The summed E-state index contributed by atoms with van der Waals surface area (Å²) in [5.74, 6) is 0. The summed E-state index contributed by atoms with van der Waals surface area (Å²) >= 11 is 2.21. The molecule has 0 aliphatic heterocycles. The van der Waals surface area contributed by atoms with E-state index < -0.39 is 0 Å². The van der Waals surface area contributed by atoms with Crippen LogP contribution >= 0.6 is 22.6 Å². The summed E-state index contributed by atoms with van der Waals surface area (Å²) in [4.78, 5) is 13.5. The predicted molar refractivity (Wildman–Crippen MR) is 75.7 cm³/mol. The summed E-state index contributed by atoms with van der Waals surface area (Å²) < 4.78 is 1.12. The van der Waals surface area contributed by atoms with Gasteiger partial charge in [-0.3, -0.25) is 0 Å². The van der Waals surface area contributed by atoms with Crippen LogP contribution in [0.1, 0.15) is 13.3 Å². The second-order valence-electron chi connectivity index (χ2n) is 3.42. The normalized spacial score (nSPS) is 9.47. The number of amides is 2. The number of nitrogens with zero attached hydrogens (tertiary/aromatic N) is 2. The van der Waals surface area contributed by atoms with Crippen molar-refractivity contribution in [1.29, 1.82) is 5.26 Å². The Bertz CT molecular complexity index is 411. The first-order valence-electron chi connectivity index (χ1n) is 5.35. The molecule has 0 saturated carbocycles. The number of anilines is 1. The molecule has 17 heavy (non-hydrogen) atoms. The van der Waals surface area contributed by atoms with Gasteiger partial charge in [0, 0.05) is 22.3 Å². The van der Waals surface area contributed by atoms with Gasteiger partial charge in [-0.15, -0.1) is 0 Å². The minimum absolute atomic E-state index is 0.163. The van der Waals surface area contributed by atoms with Crippen molar-refractivity contribution in [1.82, 2.24) is 4.90 Å². The fourth-order valence-electron chi connectivity index (χ4n) is 1.32. The lowest BCUT2D eigenvalue weighted by Crippen LogP contribution is -2.35. The molecule has 2 amide bonds. The van der Waals surface area contributed by atoms with Crippen molar-refractivity contribution >= 4 is 34.3 Å². The second-order valence-corrected chi connectivity index (χ2v) is 4.67. The quantitative estimate of drug-likeness (QED) is 0.855. The molecular formula is C12H14IN3O. The summed E-state index contributed by atoms with van der Waals surface area (Å²) in [6.45, 7) is 2.95. The SMILES string of the molecule is CCN(CCC#N)C(=O)Nc1ccc(I)cc1. The van der Waals surface area contributed by atoms with Crippen molar-refractivity contribution in [2.75, 3.05) is 18.4 Å². The Hall–Kier alpha value is -1.29. The fraction of sp³-hybridized carbons (Fsp3) is 0.333. The van der Waals surface area contributed by atoms with E-state index in [0.717, 1.165) is 9.26 Å². The zero-order valence-electron chi connectivity index (χ0n) is 9.61. The van der Waals surface area contributed by atoms with Crippen molar-refractivity contribution in [2.24, 2.45) is 0 Å². The van der Waals surface area contributed by atoms with Crippen molar-refractivity contribution in [3.63, 3.8) is 0 Å². The lowest BCUT2D eigenvalue weighted by molar-refractivity contribution is 0.215. The molecule has 0 spiro atoms. The summed E-state index contributed by atoms with van der Waals surface area (Å²) in [5.41, 5.74) is 0.769. The van der Waals surface area contributed by atoms with E-state index in [9.17, 15) is 4.79 Å². The molecule has 0 unspecified atom stereocenters. The number of urea groups is 1. The van der Waals surface area contributed by atoms with E-state index in [1.807, 2.05) is 37.3 Å². The maximum Gasteiger partial charge on any atom is 0.321 e. The molecule has 1 aromatic rings. The van der Waals surface area contributed by atoms with Gasteiger partial charge in [-0.1, -0.05) is 0 Å². The van der Waals surface area contributed by atoms with Gasteiger partial charge in [0.05, 0.1) is 12.5 Å². The van der Waals surface area contributed by atoms with E-state index in [4.69, 9.17) is 5.26 Å². The molecule has 0 saturated heterocycles. The van der Waals surface area contributed by atoms with Gasteiger partial charge in [0.2, 0.25) is 0 Å². The molecule has 0 aliphatic carbocycles. The molecular weight excluding hydrogens is 329 g/mol. The van der Waals surface area contributed by atoms with Crippen LogP contribution in [0, 0.1) is 14.9 Å². The third kappa shape index (κ3) is 4.61. The van der Waals surface area contributed by atoms with E-state index >= 15 is 0 Å². The first-order chi connectivity index (χ1) is 8.17. The summed E-state index contributed by atoms with van der Waals surface area (Å²) in [5, 5.41) is 11.3. The first kappa shape index (κ1) is 13.8. The average molecular weight is 343 g/mol. The highest BCUT2D eigenvalue weighted by atomic mass is 127. The molecule has 0 aromatic heterocycles. The zero-order valence-corrected chi connectivity index (χ0v) is 11.8. The van der Waals surface area contributed by atoms with E-state index in [-0.39, 0.29) is 6.03 Å². The third-order valence-corrected chi connectivity index (χ3v) is 2.98. The Balaban J connectivity index is 2.58. The lowest BCUT2D eigenvalue weighted by atomic mass is 10.3. The van der Waals surface area contributed by atoms with Gasteiger partial charge >= 0.3 is 6.03 Å². The molecule has 0 aliphatic rings. The van der Waals surface area contributed by atoms with Crippen molar-refractivity contribution in [3.8, 4) is 6.07 Å². The van der Waals surface area contributed by atoms with Crippen molar-refractivity contribution in [3.05, 3.63) is 27.8 Å². The zero-order chi connectivity index (χ0) is 12.7. The molecule has 5 heteroatoms. The molecule has 1 aromatic carbocycles. The molecule has 0 radical (unpaired) electrons. The van der Waals surface area contributed by atoms with Crippen LogP contribution in [-0.4, -0.2) is 24.0 Å². The topological polar surface area (TPSA) is 56.1 Å².